The third-order valence-electron chi connectivity index (χ3n) is 6.43. The van der Waals surface area contributed by atoms with Crippen LogP contribution < -0.4 is 19.5 Å². The van der Waals surface area contributed by atoms with Gasteiger partial charge < -0.3 is 19.5 Å². The van der Waals surface area contributed by atoms with E-state index in [4.69, 9.17) is 14.2 Å². The number of nitrogens with zero attached hydrogens (tertiary/aromatic N) is 1. The monoisotopic (exact) mass is 694 g/mol. The van der Waals surface area contributed by atoms with Crippen LogP contribution in [0.2, 0.25) is 0 Å². The van der Waals surface area contributed by atoms with Crippen LogP contribution in [0.15, 0.2) is 83.8 Å². The van der Waals surface area contributed by atoms with Crippen molar-refractivity contribution >= 4 is 73.9 Å². The number of nitrogens with one attached hydrogen (secondary N) is 1. The van der Waals surface area contributed by atoms with Gasteiger partial charge in [-0.15, -0.1) is 0 Å². The lowest BCUT2D eigenvalue weighted by Gasteiger charge is -2.15. The maximum absolute atomic E-state index is 13.1. The number of ether oxygens (including phenoxy) is 3. The van der Waals surface area contributed by atoms with Crippen molar-refractivity contribution < 1.29 is 28.6 Å². The Morgan fingerprint density at radius 3 is 2.52 bits per heavy atom. The lowest BCUT2D eigenvalue weighted by atomic mass is 10.1. The van der Waals surface area contributed by atoms with Gasteiger partial charge in [-0.05, 0) is 106 Å². The third-order valence-corrected chi connectivity index (χ3v) is 8.13. The molecule has 0 saturated carbocycles. The van der Waals surface area contributed by atoms with Crippen LogP contribution in [-0.4, -0.2) is 42.2 Å². The zero-order chi connectivity index (χ0) is 29.6. The minimum Gasteiger partial charge on any atom is -0.494 e. The smallest absolute Gasteiger partial charge is 0.294 e. The Morgan fingerprint density at radius 1 is 1.00 bits per heavy atom. The Balaban J connectivity index is 1.27. The Labute approximate surface area is 261 Å². The summed E-state index contributed by atoms with van der Waals surface area (Å²) in [6.07, 6.45) is 1.62. The van der Waals surface area contributed by atoms with Crippen molar-refractivity contribution in [1.29, 1.82) is 0 Å². The summed E-state index contributed by atoms with van der Waals surface area (Å²) in [5.74, 6) is 0.760. The van der Waals surface area contributed by atoms with Crippen molar-refractivity contribution in [1.82, 2.24) is 4.90 Å². The van der Waals surface area contributed by atoms with Gasteiger partial charge in [0.2, 0.25) is 5.91 Å². The standard InChI is InChI=1S/C32H27IN2O6S/c1-3-40-24-13-11-23(12-14-24)34-29(36)18-35-31(37)28(42-32(35)38)17-20-15-26(33)30(27(16-20)39-2)41-19-22-9-6-8-21-7-4-5-10-25(21)22/h4-17H,3,18-19H2,1-2H3,(H,34,36)/b28-17+. The van der Waals surface area contributed by atoms with Crippen molar-refractivity contribution in [2.24, 2.45) is 0 Å². The van der Waals surface area contributed by atoms with Crippen LogP contribution >= 0.6 is 34.4 Å². The lowest BCUT2D eigenvalue weighted by Crippen LogP contribution is -2.36. The summed E-state index contributed by atoms with van der Waals surface area (Å²) in [5.41, 5.74) is 2.25. The van der Waals surface area contributed by atoms with Gasteiger partial charge in [0.15, 0.2) is 11.5 Å². The molecule has 5 rings (SSSR count). The number of benzene rings is 4. The summed E-state index contributed by atoms with van der Waals surface area (Å²) in [4.78, 5) is 39.4. The summed E-state index contributed by atoms with van der Waals surface area (Å²) in [6, 6.07) is 24.7. The number of carbonyl (C=O) groups is 3. The zero-order valence-corrected chi connectivity index (χ0v) is 25.9. The number of halogens is 1. The molecule has 0 aromatic heterocycles. The average molecular weight is 695 g/mol. The summed E-state index contributed by atoms with van der Waals surface area (Å²) in [6.45, 7) is 2.38. The molecular formula is C32H27IN2O6S. The molecular weight excluding hydrogens is 667 g/mol. The van der Waals surface area contributed by atoms with E-state index in [2.05, 4.69) is 46.1 Å². The number of thioether (sulfide) groups is 1. The molecule has 1 aliphatic heterocycles. The molecule has 0 atom stereocenters. The third kappa shape index (κ3) is 6.71. The molecule has 0 aliphatic carbocycles. The van der Waals surface area contributed by atoms with E-state index in [0.29, 0.717) is 41.7 Å². The zero-order valence-electron chi connectivity index (χ0n) is 22.9. The summed E-state index contributed by atoms with van der Waals surface area (Å²) in [5, 5.41) is 4.45. The molecule has 1 aliphatic rings. The second-order valence-electron chi connectivity index (χ2n) is 9.23. The second-order valence-corrected chi connectivity index (χ2v) is 11.4. The number of amides is 3. The topological polar surface area (TPSA) is 94.2 Å². The van der Waals surface area contributed by atoms with Gasteiger partial charge in [-0.25, -0.2) is 0 Å². The van der Waals surface area contributed by atoms with Crippen LogP contribution in [0.5, 0.6) is 17.2 Å². The molecule has 0 spiro atoms. The summed E-state index contributed by atoms with van der Waals surface area (Å²) >= 11 is 2.96. The molecule has 0 bridgehead atoms. The first kappa shape index (κ1) is 29.5. The molecule has 10 heteroatoms. The minimum absolute atomic E-state index is 0.219. The van der Waals surface area contributed by atoms with Gasteiger partial charge in [-0.2, -0.15) is 0 Å². The van der Waals surface area contributed by atoms with Crippen molar-refractivity contribution in [2.45, 2.75) is 13.5 Å². The molecule has 4 aromatic carbocycles. The number of imide groups is 1. The normalized spacial score (nSPS) is 14.0. The van der Waals surface area contributed by atoms with Crippen LogP contribution in [0.3, 0.4) is 0 Å². The SMILES string of the molecule is CCOc1ccc(NC(=O)CN2C(=O)S/C(=C/c3cc(I)c(OCc4cccc5ccccc45)c(OC)c3)C2=O)cc1. The molecule has 4 aromatic rings. The predicted molar refractivity (Wildman–Crippen MR) is 173 cm³/mol. The van der Waals surface area contributed by atoms with E-state index in [1.165, 1.54) is 0 Å². The first-order chi connectivity index (χ1) is 20.4. The number of rotatable bonds is 10. The molecule has 1 heterocycles. The maximum atomic E-state index is 13.1. The maximum Gasteiger partial charge on any atom is 0.294 e. The van der Waals surface area contributed by atoms with E-state index in [1.807, 2.05) is 37.3 Å². The number of hydrogen-bond acceptors (Lipinski definition) is 7. The van der Waals surface area contributed by atoms with Crippen molar-refractivity contribution in [2.75, 3.05) is 25.6 Å². The predicted octanol–water partition coefficient (Wildman–Crippen LogP) is 7.11. The number of anilines is 1. The fraction of sp³-hybridized carbons (Fsp3) is 0.156. The fourth-order valence-corrected chi connectivity index (χ4v) is 6.08. The lowest BCUT2D eigenvalue weighted by molar-refractivity contribution is -0.127. The van der Waals surface area contributed by atoms with E-state index in [9.17, 15) is 14.4 Å². The highest BCUT2D eigenvalue weighted by atomic mass is 127. The number of carbonyl (C=O) groups excluding carboxylic acids is 3. The molecule has 8 nitrogen and oxygen atoms in total. The van der Waals surface area contributed by atoms with E-state index in [0.717, 1.165) is 36.6 Å². The Morgan fingerprint density at radius 2 is 1.76 bits per heavy atom. The molecule has 0 radical (unpaired) electrons. The Bertz CT molecular complexity index is 1680. The summed E-state index contributed by atoms with van der Waals surface area (Å²) in [7, 11) is 1.55. The van der Waals surface area contributed by atoms with E-state index in [1.54, 1.807) is 43.5 Å². The van der Waals surface area contributed by atoms with Crippen molar-refractivity contribution in [3.05, 3.63) is 98.5 Å². The van der Waals surface area contributed by atoms with Gasteiger partial charge in [0, 0.05) is 5.69 Å². The Kier molecular flexibility index (Phi) is 9.33. The van der Waals surface area contributed by atoms with Crippen LogP contribution in [0.4, 0.5) is 10.5 Å². The molecule has 214 valence electrons. The van der Waals surface area contributed by atoms with Gasteiger partial charge in [-0.3, -0.25) is 19.3 Å². The second kappa shape index (κ2) is 13.3. The first-order valence-electron chi connectivity index (χ1n) is 13.1. The van der Waals surface area contributed by atoms with E-state index in [-0.39, 0.29) is 4.91 Å². The number of methoxy groups -OCH3 is 1. The molecule has 0 unspecified atom stereocenters. The number of hydrogen-bond donors (Lipinski definition) is 1. The van der Waals surface area contributed by atoms with Crippen molar-refractivity contribution in [3.8, 4) is 17.2 Å². The largest absolute Gasteiger partial charge is 0.494 e. The van der Waals surface area contributed by atoms with Gasteiger partial charge >= 0.3 is 0 Å². The fourth-order valence-electron chi connectivity index (χ4n) is 4.46. The Hall–Kier alpha value is -4.03. The van der Waals surface area contributed by atoms with Gasteiger partial charge in [0.05, 0.1) is 22.2 Å². The average Bonchev–Trinajstić information content (AvgIpc) is 3.24. The van der Waals surface area contributed by atoms with Gasteiger partial charge in [0.25, 0.3) is 11.1 Å². The first-order valence-corrected chi connectivity index (χ1v) is 15.0. The van der Waals surface area contributed by atoms with Crippen LogP contribution in [0.25, 0.3) is 16.8 Å². The van der Waals surface area contributed by atoms with Gasteiger partial charge in [0.1, 0.15) is 18.9 Å². The minimum atomic E-state index is -0.530. The highest BCUT2D eigenvalue weighted by Gasteiger charge is 2.36. The number of fused-ring (bicyclic) bond motifs is 1. The molecule has 1 fully saturated rings. The highest BCUT2D eigenvalue weighted by Crippen LogP contribution is 2.38. The van der Waals surface area contributed by atoms with Crippen LogP contribution in [-0.2, 0) is 16.2 Å². The molecule has 1 saturated heterocycles. The van der Waals surface area contributed by atoms with Gasteiger partial charge in [-0.1, -0.05) is 42.5 Å². The molecule has 3 amide bonds. The van der Waals surface area contributed by atoms with E-state index < -0.39 is 23.6 Å². The van der Waals surface area contributed by atoms with Crippen LogP contribution in [0.1, 0.15) is 18.1 Å². The molecule has 42 heavy (non-hydrogen) atoms. The van der Waals surface area contributed by atoms with E-state index >= 15 is 0 Å². The summed E-state index contributed by atoms with van der Waals surface area (Å²) < 4.78 is 18.0. The van der Waals surface area contributed by atoms with Crippen molar-refractivity contribution in [3.63, 3.8) is 0 Å². The molecule has 1 N–H and O–H groups in total. The highest BCUT2D eigenvalue weighted by molar-refractivity contribution is 14.1. The quantitative estimate of drug-likeness (QED) is 0.140. The van der Waals surface area contributed by atoms with Crippen LogP contribution in [0, 0.1) is 3.57 Å².